The average Bonchev–Trinajstić information content (AvgIpc) is 3.66. The summed E-state index contributed by atoms with van der Waals surface area (Å²) in [5, 5.41) is 31.4. The average molecular weight is 677 g/mol. The van der Waals surface area contributed by atoms with Crippen LogP contribution in [0.5, 0.6) is 0 Å². The molecule has 2 heterocycles. The van der Waals surface area contributed by atoms with Crippen LogP contribution in [-0.4, -0.2) is 53.6 Å². The van der Waals surface area contributed by atoms with Gasteiger partial charge in [-0.3, -0.25) is 14.9 Å². The molecule has 0 saturated heterocycles. The van der Waals surface area contributed by atoms with Crippen molar-refractivity contribution in [2.75, 3.05) is 5.75 Å². The number of ketones is 1. The highest BCUT2D eigenvalue weighted by Gasteiger charge is 2.74. The van der Waals surface area contributed by atoms with Crippen molar-refractivity contribution in [1.29, 1.82) is 0 Å². The summed E-state index contributed by atoms with van der Waals surface area (Å²) >= 11 is 1.40. The highest BCUT2D eigenvalue weighted by Crippen LogP contribution is 2.78. The Balaban J connectivity index is 1.18. The molecule has 3 saturated carbocycles. The maximum Gasteiger partial charge on any atom is 0.416 e. The van der Waals surface area contributed by atoms with Gasteiger partial charge in [0.15, 0.2) is 11.6 Å². The van der Waals surface area contributed by atoms with Gasteiger partial charge in [0.2, 0.25) is 5.16 Å². The number of H-pyrrole nitrogens is 1. The van der Waals surface area contributed by atoms with E-state index in [1.807, 2.05) is 18.2 Å². The van der Waals surface area contributed by atoms with Crippen LogP contribution in [0.4, 0.5) is 13.2 Å². The fourth-order valence-corrected chi connectivity index (χ4v) is 11.8. The van der Waals surface area contributed by atoms with E-state index in [1.165, 1.54) is 23.9 Å². The number of benzene rings is 1. The molecule has 48 heavy (non-hydrogen) atoms. The van der Waals surface area contributed by atoms with Crippen LogP contribution >= 0.6 is 11.8 Å². The number of alkyl halides is 3. The van der Waals surface area contributed by atoms with Crippen LogP contribution < -0.4 is 0 Å². The number of nitrogens with one attached hydrogen (secondary N) is 1. The van der Waals surface area contributed by atoms with Gasteiger partial charge in [0, 0.05) is 51.1 Å². The number of hydrogen-bond acceptors (Lipinski definition) is 7. The van der Waals surface area contributed by atoms with Crippen LogP contribution in [0.2, 0.25) is 0 Å². The standard InChI is InChI=1S/C37H39F3N4O3S/c1-32-11-6-25(45)19-34(32)14-15-36(26(20-34)29(46)23-4-3-5-24(18-23)37(38,39)40)27(32)7-12-33(2)28(36)8-13-35(33,47)21-48-31-42-30(43-44-31)22-9-16-41-17-10-22/h3-5,9-10,14-18,20,25,27-28,45,47H,6-8,11-13,19,21H2,1-2H3,(H,42,43,44). The number of nitrogens with zero attached hydrogens (tertiary/aromatic N) is 3. The van der Waals surface area contributed by atoms with E-state index in [-0.39, 0.29) is 22.8 Å². The van der Waals surface area contributed by atoms with Gasteiger partial charge in [-0.25, -0.2) is 4.98 Å². The molecule has 0 amide bonds. The molecule has 2 spiro atoms. The Bertz CT molecular complexity index is 1850. The summed E-state index contributed by atoms with van der Waals surface area (Å²) in [6.07, 6.45) is 9.33. The zero-order chi connectivity index (χ0) is 33.7. The zero-order valence-electron chi connectivity index (χ0n) is 26.9. The van der Waals surface area contributed by atoms with Crippen molar-refractivity contribution in [3.8, 4) is 11.4 Å². The minimum absolute atomic E-state index is 0.0188. The molecule has 8 atom stereocenters. The number of allylic oxidation sites excluding steroid dienone is 4. The number of Topliss-reactive ketones (excluding diaryl/α,β-unsaturated/α-hetero) is 1. The molecule has 3 N–H and O–H groups in total. The summed E-state index contributed by atoms with van der Waals surface area (Å²) in [7, 11) is 0. The molecule has 3 fully saturated rings. The Morgan fingerprint density at radius 2 is 1.75 bits per heavy atom. The molecular weight excluding hydrogens is 637 g/mol. The molecule has 8 unspecified atom stereocenters. The first kappa shape index (κ1) is 32.0. The molecule has 2 aromatic heterocycles. The Kier molecular flexibility index (Phi) is 7.06. The van der Waals surface area contributed by atoms with Crippen molar-refractivity contribution in [2.24, 2.45) is 33.5 Å². The third-order valence-corrected chi connectivity index (χ3v) is 14.3. The maximum atomic E-state index is 14.6. The maximum absolute atomic E-state index is 14.6. The van der Waals surface area contributed by atoms with Crippen molar-refractivity contribution in [1.82, 2.24) is 20.2 Å². The van der Waals surface area contributed by atoms with Gasteiger partial charge in [0.05, 0.1) is 17.3 Å². The third-order valence-electron chi connectivity index (χ3n) is 13.3. The summed E-state index contributed by atoms with van der Waals surface area (Å²) in [4.78, 5) is 23.3. The van der Waals surface area contributed by atoms with E-state index in [1.54, 1.807) is 12.4 Å². The Morgan fingerprint density at radius 3 is 2.52 bits per heavy atom. The van der Waals surface area contributed by atoms with E-state index in [2.05, 4.69) is 46.2 Å². The monoisotopic (exact) mass is 676 g/mol. The second kappa shape index (κ2) is 10.6. The number of carbonyl (C=O) groups excluding carboxylic acids is 1. The van der Waals surface area contributed by atoms with Gasteiger partial charge >= 0.3 is 6.18 Å². The molecule has 1 aromatic carbocycles. The molecule has 6 aliphatic rings. The van der Waals surface area contributed by atoms with Gasteiger partial charge in [-0.1, -0.05) is 56.0 Å². The predicted octanol–water partition coefficient (Wildman–Crippen LogP) is 7.45. The van der Waals surface area contributed by atoms with Crippen molar-refractivity contribution >= 4 is 17.5 Å². The van der Waals surface area contributed by atoms with Gasteiger partial charge in [-0.05, 0) is 86.5 Å². The van der Waals surface area contributed by atoms with E-state index in [4.69, 9.17) is 0 Å². The van der Waals surface area contributed by atoms with Crippen molar-refractivity contribution in [2.45, 2.75) is 81.8 Å². The molecule has 252 valence electrons. The number of halogens is 3. The molecule has 0 radical (unpaired) electrons. The number of fused-ring (bicyclic) bond motifs is 1. The fourth-order valence-electron chi connectivity index (χ4n) is 10.7. The quantitative estimate of drug-likeness (QED) is 0.141. The van der Waals surface area contributed by atoms with Crippen LogP contribution in [0.3, 0.4) is 0 Å². The van der Waals surface area contributed by atoms with Gasteiger partial charge in [0.25, 0.3) is 0 Å². The zero-order valence-corrected chi connectivity index (χ0v) is 27.7. The summed E-state index contributed by atoms with van der Waals surface area (Å²) < 4.78 is 41.4. The molecule has 3 aromatic rings. The van der Waals surface area contributed by atoms with E-state index in [0.717, 1.165) is 37.0 Å². The number of aromatic nitrogens is 4. The van der Waals surface area contributed by atoms with Gasteiger partial charge in [-0.15, -0.1) is 5.10 Å². The number of thioether (sulfide) groups is 1. The van der Waals surface area contributed by atoms with E-state index >= 15 is 0 Å². The van der Waals surface area contributed by atoms with Crippen LogP contribution in [0.15, 0.2) is 77.7 Å². The number of aliphatic hydroxyl groups excluding tert-OH is 1. The lowest BCUT2D eigenvalue weighted by Crippen LogP contribution is -2.67. The number of aromatic amines is 1. The van der Waals surface area contributed by atoms with Crippen molar-refractivity contribution in [3.05, 3.63) is 83.7 Å². The molecule has 11 heteroatoms. The van der Waals surface area contributed by atoms with Gasteiger partial charge in [0.1, 0.15) is 0 Å². The SMILES string of the molecule is CC12CCC(O)CC13C=CC1(C(C(=O)c4cccc(C(F)(F)F)c4)=C3)C2CCC2(C)C1CCC2(O)CSc1n[nH]c(-c2ccncc2)n1. The molecule has 6 aliphatic carbocycles. The summed E-state index contributed by atoms with van der Waals surface area (Å²) in [6, 6.07) is 8.43. The topological polar surface area (TPSA) is 112 Å². The largest absolute Gasteiger partial charge is 0.416 e. The third kappa shape index (κ3) is 4.35. The first-order valence-corrected chi connectivity index (χ1v) is 17.8. The van der Waals surface area contributed by atoms with E-state index in [0.29, 0.717) is 48.0 Å². The van der Waals surface area contributed by atoms with Crippen molar-refractivity contribution < 1.29 is 28.2 Å². The Hall–Kier alpha value is -3.28. The first-order chi connectivity index (χ1) is 22.7. The molecule has 9 rings (SSSR count). The van der Waals surface area contributed by atoms with E-state index in [9.17, 15) is 28.2 Å². The second-order valence-electron chi connectivity index (χ2n) is 15.2. The van der Waals surface area contributed by atoms with Crippen LogP contribution in [-0.2, 0) is 6.18 Å². The Labute approximate surface area is 281 Å². The lowest BCUT2D eigenvalue weighted by molar-refractivity contribution is -0.166. The normalized spacial score (nSPS) is 38.2. The lowest BCUT2D eigenvalue weighted by atomic mass is 9.32. The number of aliphatic hydroxyl groups is 2. The van der Waals surface area contributed by atoms with Crippen LogP contribution in [0.25, 0.3) is 11.4 Å². The number of rotatable bonds is 6. The molecule has 7 nitrogen and oxygen atoms in total. The van der Waals surface area contributed by atoms with E-state index < -0.39 is 45.5 Å². The Morgan fingerprint density at radius 1 is 1.02 bits per heavy atom. The predicted molar refractivity (Wildman–Crippen MR) is 175 cm³/mol. The molecule has 0 aliphatic heterocycles. The molecular formula is C37H39F3N4O3S. The minimum Gasteiger partial charge on any atom is -0.393 e. The first-order valence-electron chi connectivity index (χ1n) is 16.8. The van der Waals surface area contributed by atoms with Gasteiger partial charge < -0.3 is 10.2 Å². The number of carbonyl (C=O) groups is 1. The minimum atomic E-state index is -4.58. The fraction of sp³-hybridized carbons (Fsp3) is 0.514. The van der Waals surface area contributed by atoms with Gasteiger partial charge in [-0.2, -0.15) is 13.2 Å². The number of hydrogen-bond donors (Lipinski definition) is 3. The highest BCUT2D eigenvalue weighted by atomic mass is 32.2. The van der Waals surface area contributed by atoms with Crippen LogP contribution in [0, 0.1) is 33.5 Å². The smallest absolute Gasteiger partial charge is 0.393 e. The second-order valence-corrected chi connectivity index (χ2v) is 16.2. The summed E-state index contributed by atoms with van der Waals surface area (Å²) in [6.45, 7) is 4.42. The lowest BCUT2D eigenvalue weighted by Gasteiger charge is -2.71. The summed E-state index contributed by atoms with van der Waals surface area (Å²) in [5.41, 5.74) is -2.68. The molecule has 2 bridgehead atoms. The van der Waals surface area contributed by atoms with Crippen LogP contribution in [0.1, 0.15) is 74.7 Å². The summed E-state index contributed by atoms with van der Waals surface area (Å²) in [5.74, 6) is 0.518. The van der Waals surface area contributed by atoms with Crippen molar-refractivity contribution in [3.63, 3.8) is 0 Å². The highest BCUT2D eigenvalue weighted by molar-refractivity contribution is 7.99. The number of pyridine rings is 1.